The van der Waals surface area contributed by atoms with Crippen molar-refractivity contribution in [1.29, 1.82) is 0 Å². The molecule has 1 N–H and O–H groups in total. The molecule has 0 spiro atoms. The SMILES string of the molecule is Cc1ccc(-c2c(-c3ccccc3C)[nH]n(C(C)(C)C)c2=O)cc1. The number of aromatic amines is 1. The van der Waals surface area contributed by atoms with E-state index in [2.05, 4.69) is 31.1 Å². The zero-order valence-electron chi connectivity index (χ0n) is 15.0. The first-order chi connectivity index (χ1) is 11.3. The van der Waals surface area contributed by atoms with Crippen molar-refractivity contribution in [3.63, 3.8) is 0 Å². The minimum Gasteiger partial charge on any atom is -0.294 e. The van der Waals surface area contributed by atoms with E-state index in [1.807, 2.05) is 57.2 Å². The first-order valence-electron chi connectivity index (χ1n) is 8.27. The van der Waals surface area contributed by atoms with Gasteiger partial charge in [-0.2, -0.15) is 0 Å². The molecule has 0 bridgehead atoms. The third kappa shape index (κ3) is 2.82. The molecule has 0 aliphatic rings. The van der Waals surface area contributed by atoms with Crippen LogP contribution >= 0.6 is 0 Å². The highest BCUT2D eigenvalue weighted by atomic mass is 16.1. The second-order valence-corrected chi connectivity index (χ2v) is 7.35. The summed E-state index contributed by atoms with van der Waals surface area (Å²) < 4.78 is 1.73. The van der Waals surface area contributed by atoms with Gasteiger partial charge in [0.05, 0.1) is 16.8 Å². The Hall–Kier alpha value is -2.55. The molecule has 0 fully saturated rings. The van der Waals surface area contributed by atoms with Crippen LogP contribution in [0.3, 0.4) is 0 Å². The lowest BCUT2D eigenvalue weighted by Gasteiger charge is -2.19. The minimum atomic E-state index is -0.308. The maximum atomic E-state index is 13.1. The molecular formula is C21H24N2O. The van der Waals surface area contributed by atoms with Crippen LogP contribution in [0.5, 0.6) is 0 Å². The molecule has 1 aromatic heterocycles. The van der Waals surface area contributed by atoms with Gasteiger partial charge in [-0.3, -0.25) is 9.89 Å². The molecule has 3 heteroatoms. The molecule has 3 aromatic rings. The summed E-state index contributed by atoms with van der Waals surface area (Å²) >= 11 is 0. The van der Waals surface area contributed by atoms with E-state index < -0.39 is 0 Å². The summed E-state index contributed by atoms with van der Waals surface area (Å²) in [6.45, 7) is 10.2. The van der Waals surface area contributed by atoms with Gasteiger partial charge in [0.25, 0.3) is 5.56 Å². The van der Waals surface area contributed by atoms with Crippen molar-refractivity contribution in [2.45, 2.75) is 40.2 Å². The number of benzene rings is 2. The lowest BCUT2D eigenvalue weighted by Crippen LogP contribution is -2.32. The summed E-state index contributed by atoms with van der Waals surface area (Å²) in [5.41, 5.74) is 5.67. The predicted molar refractivity (Wildman–Crippen MR) is 100 cm³/mol. The van der Waals surface area contributed by atoms with Crippen LogP contribution in [-0.2, 0) is 5.54 Å². The van der Waals surface area contributed by atoms with E-state index in [1.54, 1.807) is 4.68 Å². The molecule has 24 heavy (non-hydrogen) atoms. The molecule has 0 amide bonds. The van der Waals surface area contributed by atoms with Gasteiger partial charge in [-0.1, -0.05) is 54.1 Å². The largest absolute Gasteiger partial charge is 0.294 e. The van der Waals surface area contributed by atoms with Gasteiger partial charge in [0.2, 0.25) is 0 Å². The standard InChI is InChI=1S/C21H24N2O/c1-14-10-12-16(13-11-14)18-19(17-9-7-6-8-15(17)2)22-23(20(18)24)21(3,4)5/h6-13,22H,1-5H3. The molecule has 0 saturated heterocycles. The maximum Gasteiger partial charge on any atom is 0.275 e. The van der Waals surface area contributed by atoms with E-state index >= 15 is 0 Å². The highest BCUT2D eigenvalue weighted by molar-refractivity contribution is 5.81. The van der Waals surface area contributed by atoms with Crippen molar-refractivity contribution in [3.8, 4) is 22.4 Å². The van der Waals surface area contributed by atoms with Crippen LogP contribution in [0.15, 0.2) is 53.3 Å². The second-order valence-electron chi connectivity index (χ2n) is 7.35. The Morgan fingerprint density at radius 3 is 2.12 bits per heavy atom. The molecule has 124 valence electrons. The van der Waals surface area contributed by atoms with Gasteiger partial charge in [0.1, 0.15) is 0 Å². The Bertz CT molecular complexity index is 922. The lowest BCUT2D eigenvalue weighted by atomic mass is 9.98. The molecule has 0 atom stereocenters. The van der Waals surface area contributed by atoms with Gasteiger partial charge in [0.15, 0.2) is 0 Å². The first-order valence-corrected chi connectivity index (χ1v) is 8.27. The molecule has 0 aliphatic heterocycles. The van der Waals surface area contributed by atoms with Crippen LogP contribution in [0.2, 0.25) is 0 Å². The Kier molecular flexibility index (Phi) is 3.96. The number of aryl methyl sites for hydroxylation is 2. The van der Waals surface area contributed by atoms with Gasteiger partial charge in [-0.15, -0.1) is 0 Å². The van der Waals surface area contributed by atoms with Crippen molar-refractivity contribution < 1.29 is 0 Å². The highest BCUT2D eigenvalue weighted by Crippen LogP contribution is 2.31. The van der Waals surface area contributed by atoms with E-state index in [0.29, 0.717) is 0 Å². The molecule has 0 aliphatic carbocycles. The highest BCUT2D eigenvalue weighted by Gasteiger charge is 2.24. The fourth-order valence-corrected chi connectivity index (χ4v) is 2.95. The molecule has 2 aromatic carbocycles. The van der Waals surface area contributed by atoms with Crippen molar-refractivity contribution in [2.24, 2.45) is 0 Å². The minimum absolute atomic E-state index is 0.0182. The van der Waals surface area contributed by atoms with Gasteiger partial charge >= 0.3 is 0 Å². The fraction of sp³-hybridized carbons (Fsp3) is 0.286. The van der Waals surface area contributed by atoms with Crippen molar-refractivity contribution in [3.05, 3.63) is 70.0 Å². The zero-order chi connectivity index (χ0) is 17.5. The Labute approximate surface area is 143 Å². The number of aromatic nitrogens is 2. The molecule has 3 rings (SSSR count). The lowest BCUT2D eigenvalue weighted by molar-refractivity contribution is 0.346. The van der Waals surface area contributed by atoms with E-state index in [-0.39, 0.29) is 11.1 Å². The fourth-order valence-electron chi connectivity index (χ4n) is 2.95. The molecule has 0 unspecified atom stereocenters. The summed E-state index contributed by atoms with van der Waals surface area (Å²) in [5.74, 6) is 0. The average Bonchev–Trinajstić information content (AvgIpc) is 2.86. The summed E-state index contributed by atoms with van der Waals surface area (Å²) in [6, 6.07) is 16.3. The topological polar surface area (TPSA) is 37.8 Å². The van der Waals surface area contributed by atoms with E-state index in [4.69, 9.17) is 0 Å². The van der Waals surface area contributed by atoms with Gasteiger partial charge in [0, 0.05) is 5.56 Å². The normalized spacial score (nSPS) is 11.7. The number of hydrogen-bond acceptors (Lipinski definition) is 1. The number of H-pyrrole nitrogens is 1. The molecule has 3 nitrogen and oxygen atoms in total. The van der Waals surface area contributed by atoms with Gasteiger partial charge in [-0.25, -0.2) is 4.68 Å². The van der Waals surface area contributed by atoms with Crippen LogP contribution in [0.1, 0.15) is 31.9 Å². The van der Waals surface area contributed by atoms with E-state index in [1.165, 1.54) is 5.56 Å². The van der Waals surface area contributed by atoms with E-state index in [9.17, 15) is 4.79 Å². The van der Waals surface area contributed by atoms with Crippen LogP contribution in [0, 0.1) is 13.8 Å². The van der Waals surface area contributed by atoms with Crippen molar-refractivity contribution in [2.75, 3.05) is 0 Å². The van der Waals surface area contributed by atoms with Crippen molar-refractivity contribution >= 4 is 0 Å². The van der Waals surface area contributed by atoms with Crippen molar-refractivity contribution in [1.82, 2.24) is 9.78 Å². The summed E-state index contributed by atoms with van der Waals surface area (Å²) in [5, 5.41) is 3.36. The summed E-state index contributed by atoms with van der Waals surface area (Å²) in [7, 11) is 0. The summed E-state index contributed by atoms with van der Waals surface area (Å²) in [4.78, 5) is 13.1. The first kappa shape index (κ1) is 16.3. The third-order valence-corrected chi connectivity index (χ3v) is 4.32. The van der Waals surface area contributed by atoms with Crippen LogP contribution in [-0.4, -0.2) is 9.78 Å². The Morgan fingerprint density at radius 1 is 0.917 bits per heavy atom. The van der Waals surface area contributed by atoms with E-state index in [0.717, 1.165) is 27.9 Å². The Balaban J connectivity index is 2.34. The average molecular weight is 320 g/mol. The molecular weight excluding hydrogens is 296 g/mol. The number of hydrogen-bond donors (Lipinski definition) is 1. The number of nitrogens with one attached hydrogen (secondary N) is 1. The maximum absolute atomic E-state index is 13.1. The predicted octanol–water partition coefficient (Wildman–Crippen LogP) is 4.88. The third-order valence-electron chi connectivity index (χ3n) is 4.32. The van der Waals surface area contributed by atoms with Gasteiger partial charge in [-0.05, 0) is 45.7 Å². The second kappa shape index (κ2) is 5.82. The monoisotopic (exact) mass is 320 g/mol. The van der Waals surface area contributed by atoms with Crippen LogP contribution in [0.4, 0.5) is 0 Å². The Morgan fingerprint density at radius 2 is 1.54 bits per heavy atom. The number of rotatable bonds is 2. The molecule has 0 radical (unpaired) electrons. The van der Waals surface area contributed by atoms with Crippen LogP contribution in [0.25, 0.3) is 22.4 Å². The molecule has 0 saturated carbocycles. The quantitative estimate of drug-likeness (QED) is 0.718. The smallest absolute Gasteiger partial charge is 0.275 e. The summed E-state index contributed by atoms with van der Waals surface area (Å²) in [6.07, 6.45) is 0. The van der Waals surface area contributed by atoms with Gasteiger partial charge < -0.3 is 0 Å². The molecule has 1 heterocycles. The number of nitrogens with zero attached hydrogens (tertiary/aromatic N) is 1. The van der Waals surface area contributed by atoms with Crippen LogP contribution < -0.4 is 5.56 Å². The zero-order valence-corrected chi connectivity index (χ0v) is 15.0.